The molecule has 0 saturated carbocycles. The molecule has 29 heavy (non-hydrogen) atoms. The van der Waals surface area contributed by atoms with E-state index in [9.17, 15) is 14.4 Å². The monoisotopic (exact) mass is 417 g/mol. The number of piperidine rings is 1. The fourth-order valence-electron chi connectivity index (χ4n) is 4.52. The van der Waals surface area contributed by atoms with Crippen LogP contribution in [0.2, 0.25) is 0 Å². The molecule has 2 fully saturated rings. The first-order valence-corrected chi connectivity index (χ1v) is 11.4. The van der Waals surface area contributed by atoms with Gasteiger partial charge in [-0.15, -0.1) is 11.3 Å². The van der Waals surface area contributed by atoms with E-state index in [2.05, 4.69) is 5.32 Å². The van der Waals surface area contributed by atoms with Crippen LogP contribution in [0.15, 0.2) is 29.2 Å². The van der Waals surface area contributed by atoms with Crippen LogP contribution in [-0.2, 0) is 16.0 Å². The van der Waals surface area contributed by atoms with E-state index in [1.807, 2.05) is 49.3 Å². The Bertz CT molecular complexity index is 781. The molecule has 2 saturated heterocycles. The molecule has 4 amide bonds. The minimum atomic E-state index is -0.827. The van der Waals surface area contributed by atoms with Gasteiger partial charge in [0.05, 0.1) is 0 Å². The van der Waals surface area contributed by atoms with Crippen molar-refractivity contribution in [2.45, 2.75) is 58.4 Å². The molecule has 2 aliphatic heterocycles. The number of rotatable bonds is 7. The third-order valence-corrected chi connectivity index (χ3v) is 7.19. The summed E-state index contributed by atoms with van der Waals surface area (Å²) in [7, 11) is 0. The molecule has 1 aromatic heterocycles. The molecule has 1 N–H and O–H groups in total. The van der Waals surface area contributed by atoms with Gasteiger partial charge in [-0.3, -0.25) is 14.5 Å². The van der Waals surface area contributed by atoms with Gasteiger partial charge in [0.25, 0.3) is 5.91 Å². The maximum atomic E-state index is 13.4. The van der Waals surface area contributed by atoms with Crippen molar-refractivity contribution in [2.75, 3.05) is 19.6 Å². The number of allylic oxidation sites excluding steroid dienone is 1. The Hall–Kier alpha value is -2.15. The number of nitrogens with one attached hydrogen (secondary N) is 1. The second kappa shape index (κ2) is 9.11. The third-order valence-electron chi connectivity index (χ3n) is 6.26. The standard InChI is InChI=1S/C22H31N3O3S/c1-4-11-22(17-8-12-24(13-9-17)19(26)16(3)5-2)20(27)25(21(28)23-22)14-10-18-7-6-15-29-18/h5-7,15,17H,4,8-14H2,1-3H3,(H,23,28)/b16-5+. The van der Waals surface area contributed by atoms with Gasteiger partial charge in [-0.05, 0) is 56.9 Å². The largest absolute Gasteiger partial charge is 0.339 e. The average molecular weight is 418 g/mol. The fraction of sp³-hybridized carbons (Fsp3) is 0.591. The van der Waals surface area contributed by atoms with Gasteiger partial charge in [0.15, 0.2) is 0 Å². The van der Waals surface area contributed by atoms with Gasteiger partial charge in [-0.2, -0.15) is 0 Å². The molecule has 0 bridgehead atoms. The molecule has 1 aromatic rings. The van der Waals surface area contributed by atoms with Crippen LogP contribution in [0.4, 0.5) is 4.79 Å². The van der Waals surface area contributed by atoms with Gasteiger partial charge in [-0.1, -0.05) is 25.5 Å². The number of amides is 4. The number of carbonyl (C=O) groups excluding carboxylic acids is 3. The fourth-order valence-corrected chi connectivity index (χ4v) is 5.22. The molecule has 158 valence electrons. The van der Waals surface area contributed by atoms with Crippen LogP contribution >= 0.6 is 11.3 Å². The summed E-state index contributed by atoms with van der Waals surface area (Å²) in [6, 6.07) is 3.74. The molecule has 1 unspecified atom stereocenters. The van der Waals surface area contributed by atoms with Crippen molar-refractivity contribution in [1.29, 1.82) is 0 Å². The molecule has 6 nitrogen and oxygen atoms in total. The first-order chi connectivity index (χ1) is 13.9. The van der Waals surface area contributed by atoms with Crippen molar-refractivity contribution >= 4 is 29.2 Å². The molecule has 0 aliphatic carbocycles. The minimum Gasteiger partial charge on any atom is -0.339 e. The molecular weight excluding hydrogens is 386 g/mol. The molecular formula is C22H31N3O3S. The van der Waals surface area contributed by atoms with Crippen LogP contribution in [0, 0.1) is 5.92 Å². The summed E-state index contributed by atoms with van der Waals surface area (Å²) in [5.41, 5.74) is -0.0804. The van der Waals surface area contributed by atoms with E-state index in [0.717, 1.165) is 24.8 Å². The van der Waals surface area contributed by atoms with Crippen molar-refractivity contribution in [2.24, 2.45) is 5.92 Å². The van der Waals surface area contributed by atoms with Gasteiger partial charge in [0.1, 0.15) is 5.54 Å². The zero-order chi connectivity index (χ0) is 21.0. The molecule has 7 heteroatoms. The molecule has 3 heterocycles. The molecule has 0 aromatic carbocycles. The van der Waals surface area contributed by atoms with Crippen molar-refractivity contribution in [3.8, 4) is 0 Å². The average Bonchev–Trinajstić information content (AvgIpc) is 3.33. The molecule has 1 atom stereocenters. The van der Waals surface area contributed by atoms with Gasteiger partial charge < -0.3 is 10.2 Å². The quantitative estimate of drug-likeness (QED) is 0.544. The Morgan fingerprint density at radius 2 is 2.07 bits per heavy atom. The molecule has 0 spiro atoms. The van der Waals surface area contributed by atoms with E-state index >= 15 is 0 Å². The lowest BCUT2D eigenvalue weighted by atomic mass is 9.74. The second-order valence-corrected chi connectivity index (χ2v) is 9.01. The van der Waals surface area contributed by atoms with Crippen molar-refractivity contribution in [3.63, 3.8) is 0 Å². The summed E-state index contributed by atoms with van der Waals surface area (Å²) in [6.07, 6.45) is 5.44. The number of hydrogen-bond donors (Lipinski definition) is 1. The van der Waals surface area contributed by atoms with Gasteiger partial charge >= 0.3 is 6.03 Å². The van der Waals surface area contributed by atoms with Crippen molar-refractivity contribution in [3.05, 3.63) is 34.0 Å². The predicted molar refractivity (Wildman–Crippen MR) is 115 cm³/mol. The van der Waals surface area contributed by atoms with E-state index in [1.165, 1.54) is 9.78 Å². The van der Waals surface area contributed by atoms with Gasteiger partial charge in [0, 0.05) is 30.1 Å². The third kappa shape index (κ3) is 4.25. The first-order valence-electron chi connectivity index (χ1n) is 10.5. The Morgan fingerprint density at radius 1 is 1.34 bits per heavy atom. The lowest BCUT2D eigenvalue weighted by Gasteiger charge is -2.41. The SMILES string of the molecule is C/C=C(\C)C(=O)N1CCC(C2(CCC)NC(=O)N(CCc3cccs3)C2=O)CC1. The number of carbonyl (C=O) groups is 3. The topological polar surface area (TPSA) is 69.7 Å². The number of imide groups is 1. The number of likely N-dealkylation sites (tertiary alicyclic amines) is 1. The summed E-state index contributed by atoms with van der Waals surface area (Å²) in [5, 5.41) is 5.08. The van der Waals surface area contributed by atoms with Crippen molar-refractivity contribution < 1.29 is 14.4 Å². The summed E-state index contributed by atoms with van der Waals surface area (Å²) in [5.74, 6) is 0.0331. The Labute approximate surface area is 176 Å². The summed E-state index contributed by atoms with van der Waals surface area (Å²) in [4.78, 5) is 43.0. The van der Waals surface area contributed by atoms with Gasteiger partial charge in [-0.25, -0.2) is 4.79 Å². The zero-order valence-corrected chi connectivity index (χ0v) is 18.4. The van der Waals surface area contributed by atoms with Crippen LogP contribution in [0.3, 0.4) is 0 Å². The van der Waals surface area contributed by atoms with Crippen LogP contribution < -0.4 is 5.32 Å². The smallest absolute Gasteiger partial charge is 0.325 e. The maximum absolute atomic E-state index is 13.4. The summed E-state index contributed by atoms with van der Waals surface area (Å²) < 4.78 is 0. The van der Waals surface area contributed by atoms with Crippen LogP contribution in [0.1, 0.15) is 51.3 Å². The van der Waals surface area contributed by atoms with Gasteiger partial charge in [0.2, 0.25) is 5.91 Å². The summed E-state index contributed by atoms with van der Waals surface area (Å²) >= 11 is 1.64. The number of thiophene rings is 1. The normalized spacial score (nSPS) is 23.6. The van der Waals surface area contributed by atoms with E-state index in [4.69, 9.17) is 0 Å². The predicted octanol–water partition coefficient (Wildman–Crippen LogP) is 3.59. The van der Waals surface area contributed by atoms with E-state index in [0.29, 0.717) is 32.5 Å². The maximum Gasteiger partial charge on any atom is 0.325 e. The Kier molecular flexibility index (Phi) is 6.77. The molecule has 3 rings (SSSR count). The highest BCUT2D eigenvalue weighted by molar-refractivity contribution is 7.09. The van der Waals surface area contributed by atoms with E-state index in [1.54, 1.807) is 11.3 Å². The highest BCUT2D eigenvalue weighted by atomic mass is 32.1. The number of urea groups is 1. The highest BCUT2D eigenvalue weighted by Gasteiger charge is 2.55. The van der Waals surface area contributed by atoms with Crippen LogP contribution in [-0.4, -0.2) is 52.8 Å². The molecule has 2 aliphatic rings. The van der Waals surface area contributed by atoms with Crippen LogP contribution in [0.25, 0.3) is 0 Å². The number of hydrogen-bond acceptors (Lipinski definition) is 4. The van der Waals surface area contributed by atoms with Crippen molar-refractivity contribution in [1.82, 2.24) is 15.1 Å². The van der Waals surface area contributed by atoms with E-state index < -0.39 is 5.54 Å². The minimum absolute atomic E-state index is 0.0561. The Balaban J connectivity index is 1.70. The second-order valence-electron chi connectivity index (χ2n) is 7.98. The lowest BCUT2D eigenvalue weighted by molar-refractivity contribution is -0.135. The van der Waals surface area contributed by atoms with E-state index in [-0.39, 0.29) is 23.8 Å². The first kappa shape index (κ1) is 21.6. The highest BCUT2D eigenvalue weighted by Crippen LogP contribution is 2.37. The Morgan fingerprint density at radius 3 is 2.66 bits per heavy atom. The summed E-state index contributed by atoms with van der Waals surface area (Å²) in [6.45, 7) is 7.40. The number of nitrogens with zero attached hydrogens (tertiary/aromatic N) is 2. The molecule has 0 radical (unpaired) electrons. The zero-order valence-electron chi connectivity index (χ0n) is 17.6. The van der Waals surface area contributed by atoms with Crippen LogP contribution in [0.5, 0.6) is 0 Å². The lowest BCUT2D eigenvalue weighted by Crippen LogP contribution is -2.56.